The molecule has 0 saturated heterocycles. The Hall–Kier alpha value is -4.80. The smallest absolute Gasteiger partial charge is 0.490 e. The highest BCUT2D eigenvalue weighted by Crippen LogP contribution is 2.69. The summed E-state index contributed by atoms with van der Waals surface area (Å²) < 4.78 is 42.1. The van der Waals surface area contributed by atoms with Crippen molar-refractivity contribution in [3.05, 3.63) is 117 Å². The van der Waals surface area contributed by atoms with E-state index in [1.165, 1.54) is 0 Å². The van der Waals surface area contributed by atoms with E-state index in [1.807, 2.05) is 48.5 Å². The van der Waals surface area contributed by atoms with Crippen LogP contribution in [0.3, 0.4) is 0 Å². The van der Waals surface area contributed by atoms with Crippen LogP contribution in [0.2, 0.25) is 6.04 Å². The molecule has 13 nitrogen and oxygen atoms in total. The number of nitro benzene ring substituents is 1. The molecule has 3 atom stereocenters. The maximum atomic E-state index is 13.1. The number of benzene rings is 4. The van der Waals surface area contributed by atoms with Crippen LogP contribution in [0.4, 0.5) is 5.69 Å². The number of nitrogens with zero attached hydrogens (tertiary/aromatic N) is 1. The highest BCUT2D eigenvalue weighted by molar-refractivity contribution is 9.10. The number of non-ortho nitro benzene ring substituents is 1. The maximum Gasteiger partial charge on any atom is 0.500 e. The Morgan fingerprint density at radius 3 is 2.42 bits per heavy atom. The Balaban J connectivity index is 1.09. The minimum atomic E-state index is -2.74. The summed E-state index contributed by atoms with van der Waals surface area (Å²) in [7, 11) is 1.93. The standard InChI is InChI=1S/C47H55BrN2O11Si/c1-44(2,43(52)49-21-12-24-62(55-6,56-7)57-8)28-39(48)42(51)59-23-22-58-33-20-18-31-27-47(36-15-11-13-30-17-19-32(50(53)54)25-35(30)36)45(3,4)46(5,37(31)26-33)38-29-60-40-16-10-9-14-34(40)41(38)61-47/h9-11,13-20,25-26,39H,12,21-24,27-29H2,1-8H3,(H,49,52)/t39?,46-,47?/m1/s1. The summed E-state index contributed by atoms with van der Waals surface area (Å²) in [5.41, 5.74) is 1.79. The summed E-state index contributed by atoms with van der Waals surface area (Å²) >= 11 is 3.45. The number of hydrogen-bond donors (Lipinski definition) is 1. The highest BCUT2D eigenvalue weighted by Gasteiger charge is 2.67. The van der Waals surface area contributed by atoms with Gasteiger partial charge in [0.05, 0.1) is 10.5 Å². The normalized spacial score (nSPS) is 20.5. The third-order valence-corrected chi connectivity index (χ3v) is 17.1. The topological polar surface area (TPSA) is 154 Å². The number of alkyl halides is 1. The lowest BCUT2D eigenvalue weighted by atomic mass is 9.45. The second kappa shape index (κ2) is 17.4. The summed E-state index contributed by atoms with van der Waals surface area (Å²) in [5, 5.41) is 16.7. The summed E-state index contributed by atoms with van der Waals surface area (Å²) in [6.07, 6.45) is 1.32. The number of hydrogen-bond acceptors (Lipinski definition) is 11. The molecule has 2 unspecified atom stereocenters. The van der Waals surface area contributed by atoms with Gasteiger partial charge in [0.15, 0.2) is 0 Å². The number of carbonyl (C=O) groups excluding carboxylic acids is 2. The zero-order valence-electron chi connectivity index (χ0n) is 36.6. The molecule has 1 amide bonds. The van der Waals surface area contributed by atoms with Gasteiger partial charge in [-0.25, -0.2) is 0 Å². The van der Waals surface area contributed by atoms with Crippen molar-refractivity contribution in [2.75, 3.05) is 47.7 Å². The van der Waals surface area contributed by atoms with Crippen LogP contribution in [0.5, 0.6) is 11.5 Å². The molecule has 0 spiro atoms. The number of ether oxygens (including phenoxy) is 4. The quantitative estimate of drug-likeness (QED) is 0.0270. The maximum absolute atomic E-state index is 13.1. The lowest BCUT2D eigenvalue weighted by Crippen LogP contribution is -2.63. The second-order valence-electron chi connectivity index (χ2n) is 17.5. The van der Waals surface area contributed by atoms with E-state index in [2.05, 4.69) is 54.2 Å². The predicted molar refractivity (Wildman–Crippen MR) is 240 cm³/mol. The minimum Gasteiger partial charge on any atom is -0.490 e. The molecule has 1 aliphatic carbocycles. The fourth-order valence-corrected chi connectivity index (χ4v) is 12.2. The van der Waals surface area contributed by atoms with E-state index in [4.69, 9.17) is 32.2 Å². The van der Waals surface area contributed by atoms with Crippen molar-refractivity contribution in [2.45, 2.75) is 75.8 Å². The second-order valence-corrected chi connectivity index (χ2v) is 21.7. The molecule has 2 bridgehead atoms. The van der Waals surface area contributed by atoms with Crippen LogP contribution in [-0.4, -0.2) is 78.1 Å². The van der Waals surface area contributed by atoms with Crippen LogP contribution in [0.25, 0.3) is 16.5 Å². The van der Waals surface area contributed by atoms with E-state index in [-0.39, 0.29) is 36.2 Å². The average Bonchev–Trinajstić information content (AvgIpc) is 3.26. The van der Waals surface area contributed by atoms with Crippen molar-refractivity contribution < 1.29 is 46.7 Å². The van der Waals surface area contributed by atoms with Crippen molar-refractivity contribution in [3.8, 4) is 11.5 Å². The summed E-state index contributed by atoms with van der Waals surface area (Å²) in [6, 6.07) is 25.5. The van der Waals surface area contributed by atoms with Gasteiger partial charge >= 0.3 is 14.8 Å². The summed E-state index contributed by atoms with van der Waals surface area (Å²) in [6.45, 7) is 11.1. The van der Waals surface area contributed by atoms with E-state index >= 15 is 0 Å². The van der Waals surface area contributed by atoms with Crippen LogP contribution >= 0.6 is 15.9 Å². The molecular formula is C47H55BrN2O11Si. The lowest BCUT2D eigenvalue weighted by Gasteiger charge is -2.64. The molecule has 2 heterocycles. The molecule has 330 valence electrons. The number of carbonyl (C=O) groups is 2. The molecule has 1 N–H and O–H groups in total. The van der Waals surface area contributed by atoms with Gasteiger partial charge in [0.2, 0.25) is 5.91 Å². The monoisotopic (exact) mass is 930 g/mol. The minimum absolute atomic E-state index is 0.00162. The van der Waals surface area contributed by atoms with Crippen molar-refractivity contribution in [3.63, 3.8) is 0 Å². The molecule has 15 heteroatoms. The number of esters is 1. The van der Waals surface area contributed by atoms with Crippen LogP contribution in [0.15, 0.2) is 84.4 Å². The fraction of sp³-hybridized carbons (Fsp3) is 0.447. The van der Waals surface area contributed by atoms with E-state index in [1.54, 1.807) is 53.4 Å². The Labute approximate surface area is 372 Å². The first-order chi connectivity index (χ1) is 29.5. The van der Waals surface area contributed by atoms with E-state index in [9.17, 15) is 19.7 Å². The Morgan fingerprint density at radius 1 is 0.952 bits per heavy atom. The Kier molecular flexibility index (Phi) is 12.7. The summed E-state index contributed by atoms with van der Waals surface area (Å²) in [5.74, 6) is 1.44. The van der Waals surface area contributed by atoms with Crippen molar-refractivity contribution in [2.24, 2.45) is 10.8 Å². The van der Waals surface area contributed by atoms with Gasteiger partial charge in [-0.15, -0.1) is 0 Å². The number of nitro groups is 1. The summed E-state index contributed by atoms with van der Waals surface area (Å²) in [4.78, 5) is 37.2. The number of nitrogens with one attached hydrogen (secondary N) is 1. The number of rotatable bonds is 17. The SMILES string of the molecule is CO[Si](CCCNC(=O)C(C)(C)CC(Br)C(=O)OCCOc1ccc2c(c1)[C@]1(C)C3=C(OC(c4cccc5ccc([N+](=O)[O-])cc45)(C2)C1(C)C)c1ccccc1OC3)(OC)OC. The van der Waals surface area contributed by atoms with E-state index < -0.39 is 41.4 Å². The largest absolute Gasteiger partial charge is 0.500 e. The van der Waals surface area contributed by atoms with Crippen LogP contribution in [0, 0.1) is 20.9 Å². The number of halogens is 1. The molecule has 3 aliphatic rings. The van der Waals surface area contributed by atoms with Gasteiger partial charge in [-0.1, -0.05) is 86.9 Å². The van der Waals surface area contributed by atoms with Gasteiger partial charge < -0.3 is 37.5 Å². The first-order valence-corrected chi connectivity index (χ1v) is 23.7. The molecular weight excluding hydrogens is 877 g/mol. The average molecular weight is 932 g/mol. The highest BCUT2D eigenvalue weighted by atomic mass is 79.9. The van der Waals surface area contributed by atoms with E-state index in [0.717, 1.165) is 50.1 Å². The first-order valence-electron chi connectivity index (χ1n) is 20.8. The Morgan fingerprint density at radius 2 is 1.69 bits per heavy atom. The molecule has 4 aromatic carbocycles. The molecule has 0 radical (unpaired) electrons. The molecule has 4 aromatic rings. The molecule has 0 saturated carbocycles. The van der Waals surface area contributed by atoms with Gasteiger partial charge in [-0.05, 0) is 65.1 Å². The fourth-order valence-electron chi connectivity index (χ4n) is 9.55. The zero-order valence-corrected chi connectivity index (χ0v) is 39.1. The van der Waals surface area contributed by atoms with Crippen molar-refractivity contribution >= 4 is 58.8 Å². The van der Waals surface area contributed by atoms with Gasteiger partial charge in [-0.3, -0.25) is 19.7 Å². The first kappa shape index (κ1) is 45.2. The van der Waals surface area contributed by atoms with E-state index in [0.29, 0.717) is 37.8 Å². The van der Waals surface area contributed by atoms with Gasteiger partial charge in [0.1, 0.15) is 47.5 Å². The van der Waals surface area contributed by atoms with Crippen LogP contribution in [-0.2, 0) is 49.8 Å². The molecule has 0 fully saturated rings. The van der Waals surface area contributed by atoms with Crippen LogP contribution < -0.4 is 14.8 Å². The lowest BCUT2D eigenvalue weighted by molar-refractivity contribution is -0.384. The third-order valence-electron chi connectivity index (χ3n) is 13.5. The molecule has 62 heavy (non-hydrogen) atoms. The third kappa shape index (κ3) is 7.80. The number of amides is 1. The number of para-hydroxylation sites is 1. The predicted octanol–water partition coefficient (Wildman–Crippen LogP) is 8.80. The molecule has 2 aliphatic heterocycles. The zero-order chi connectivity index (χ0) is 44.7. The van der Waals surface area contributed by atoms with Gasteiger partial charge in [0, 0.05) is 79.9 Å². The molecule has 7 rings (SSSR count). The van der Waals surface area contributed by atoms with Gasteiger partial charge in [-0.2, -0.15) is 0 Å². The van der Waals surface area contributed by atoms with Crippen molar-refractivity contribution in [1.29, 1.82) is 0 Å². The van der Waals surface area contributed by atoms with Gasteiger partial charge in [0.25, 0.3) is 5.69 Å². The van der Waals surface area contributed by atoms with Crippen LogP contribution in [0.1, 0.15) is 69.7 Å². The van der Waals surface area contributed by atoms with Crippen molar-refractivity contribution in [1.82, 2.24) is 5.32 Å². The number of fused-ring (bicyclic) bond motifs is 8. The Bertz CT molecular complexity index is 2410. The molecule has 0 aromatic heterocycles.